The number of esters is 1. The molecular formula is C28H34F3N3O6. The van der Waals surface area contributed by atoms with Crippen molar-refractivity contribution in [2.24, 2.45) is 5.92 Å². The highest BCUT2D eigenvalue weighted by Crippen LogP contribution is 2.43. The molecule has 0 saturated heterocycles. The minimum absolute atomic E-state index is 0.0458. The number of carbonyl (C=O) groups excluding carboxylic acids is 3. The normalized spacial score (nSPS) is 14.1. The number of ether oxygens (including phenoxy) is 3. The molecule has 0 unspecified atom stereocenters. The van der Waals surface area contributed by atoms with Gasteiger partial charge in [0, 0.05) is 25.1 Å². The quantitative estimate of drug-likeness (QED) is 0.292. The van der Waals surface area contributed by atoms with Crippen molar-refractivity contribution in [1.29, 1.82) is 0 Å². The molecule has 9 nitrogen and oxygen atoms in total. The van der Waals surface area contributed by atoms with Crippen molar-refractivity contribution < 1.29 is 41.8 Å². The Hall–Kier alpha value is -3.80. The van der Waals surface area contributed by atoms with Crippen LogP contribution in [0.5, 0.6) is 11.5 Å². The van der Waals surface area contributed by atoms with Crippen LogP contribution in [-0.2, 0) is 25.2 Å². The van der Waals surface area contributed by atoms with Gasteiger partial charge in [-0.05, 0) is 51.0 Å². The number of anilines is 3. The summed E-state index contributed by atoms with van der Waals surface area (Å²) in [6, 6.07) is 5.34. The third-order valence-corrected chi connectivity index (χ3v) is 6.58. The van der Waals surface area contributed by atoms with E-state index < -0.39 is 29.4 Å². The minimum Gasteiger partial charge on any atom is -0.465 e. The second-order valence-electron chi connectivity index (χ2n) is 9.82. The average Bonchev–Trinajstić information content (AvgIpc) is 2.90. The highest BCUT2D eigenvalue weighted by molar-refractivity contribution is 6.04. The third kappa shape index (κ3) is 7.23. The zero-order valence-corrected chi connectivity index (χ0v) is 22.9. The molecule has 1 fully saturated rings. The summed E-state index contributed by atoms with van der Waals surface area (Å²) in [6.45, 7) is 3.29. The summed E-state index contributed by atoms with van der Waals surface area (Å²) < 4.78 is 56.9. The Bertz CT molecular complexity index is 1240. The van der Waals surface area contributed by atoms with Gasteiger partial charge in [0.15, 0.2) is 0 Å². The molecule has 0 bridgehead atoms. The first-order chi connectivity index (χ1) is 18.9. The van der Waals surface area contributed by atoms with Crippen molar-refractivity contribution >= 4 is 34.8 Å². The molecule has 218 valence electrons. The average molecular weight is 566 g/mol. The van der Waals surface area contributed by atoms with E-state index in [1.54, 1.807) is 0 Å². The van der Waals surface area contributed by atoms with Crippen LogP contribution in [0.1, 0.15) is 61.9 Å². The highest BCUT2D eigenvalue weighted by Gasteiger charge is 2.36. The van der Waals surface area contributed by atoms with Gasteiger partial charge in [-0.1, -0.05) is 19.3 Å². The topological polar surface area (TPSA) is 120 Å². The number of carbonyl (C=O) groups is 3. The molecule has 1 aliphatic carbocycles. The third-order valence-electron chi connectivity index (χ3n) is 6.58. The number of nitrogens with two attached hydrogens (primary N) is 1. The number of alkyl halides is 3. The van der Waals surface area contributed by atoms with E-state index in [0.717, 1.165) is 38.2 Å². The van der Waals surface area contributed by atoms with Gasteiger partial charge in [-0.2, -0.15) is 13.2 Å². The van der Waals surface area contributed by atoms with Gasteiger partial charge in [-0.25, -0.2) is 4.79 Å². The van der Waals surface area contributed by atoms with E-state index >= 15 is 0 Å². The van der Waals surface area contributed by atoms with E-state index in [0.29, 0.717) is 6.07 Å². The molecule has 3 rings (SSSR count). The molecule has 1 aliphatic rings. The number of hydrogen-bond donors (Lipinski definition) is 2. The smallest absolute Gasteiger partial charge is 0.420 e. The number of benzene rings is 2. The zero-order chi connectivity index (χ0) is 29.6. The maximum Gasteiger partial charge on any atom is 0.420 e. The zero-order valence-electron chi connectivity index (χ0n) is 22.9. The fourth-order valence-electron chi connectivity index (χ4n) is 4.71. The lowest BCUT2D eigenvalue weighted by molar-refractivity contribution is -0.138. The molecule has 2 amide bonds. The number of rotatable bonds is 9. The summed E-state index contributed by atoms with van der Waals surface area (Å²) in [4.78, 5) is 39.8. The Kier molecular flexibility index (Phi) is 10.0. The van der Waals surface area contributed by atoms with Gasteiger partial charge in [0.25, 0.3) is 0 Å². The fourth-order valence-corrected chi connectivity index (χ4v) is 4.71. The van der Waals surface area contributed by atoms with Crippen LogP contribution in [-0.4, -0.2) is 44.7 Å². The summed E-state index contributed by atoms with van der Waals surface area (Å²) in [6.07, 6.45) is -0.404. The lowest BCUT2D eigenvalue weighted by Gasteiger charge is -2.33. The van der Waals surface area contributed by atoms with Gasteiger partial charge in [-0.15, -0.1) is 0 Å². The Morgan fingerprint density at radius 3 is 2.33 bits per heavy atom. The fraction of sp³-hybridized carbons (Fsp3) is 0.464. The van der Waals surface area contributed by atoms with Gasteiger partial charge in [0.1, 0.15) is 23.7 Å². The van der Waals surface area contributed by atoms with Crippen molar-refractivity contribution in [3.8, 4) is 11.5 Å². The van der Waals surface area contributed by atoms with Crippen molar-refractivity contribution in [3.05, 3.63) is 41.5 Å². The lowest BCUT2D eigenvalue weighted by atomic mass is 9.87. The van der Waals surface area contributed by atoms with Gasteiger partial charge >= 0.3 is 12.1 Å². The Morgan fingerprint density at radius 1 is 1.07 bits per heavy atom. The molecule has 0 aliphatic heterocycles. The summed E-state index contributed by atoms with van der Waals surface area (Å²) in [5.41, 5.74) is 4.36. The van der Waals surface area contributed by atoms with Gasteiger partial charge in [0.2, 0.25) is 11.8 Å². The summed E-state index contributed by atoms with van der Waals surface area (Å²) in [5.74, 6) is -2.51. The van der Waals surface area contributed by atoms with Gasteiger partial charge < -0.3 is 30.2 Å². The van der Waals surface area contributed by atoms with E-state index in [9.17, 15) is 27.6 Å². The van der Waals surface area contributed by atoms with Crippen molar-refractivity contribution in [2.75, 3.05) is 36.8 Å². The van der Waals surface area contributed by atoms with E-state index in [1.807, 2.05) is 13.8 Å². The van der Waals surface area contributed by atoms with Crippen LogP contribution in [0.3, 0.4) is 0 Å². The number of halogens is 3. The molecule has 0 radical (unpaired) electrons. The standard InChI is InChI=1S/C28H34F3N3O6/c1-16(2)34(26(36)17-8-6-5-7-9-17)23-11-10-18(12-19(23)27(37)39-4)40-24-14-22(33-25(35)15-38-3)21(32)13-20(24)28(29,30)31/h10-14,16-17H,5-9,15,32H2,1-4H3,(H,33,35). The van der Waals surface area contributed by atoms with E-state index in [-0.39, 0.29) is 52.8 Å². The van der Waals surface area contributed by atoms with Gasteiger partial charge in [-0.3, -0.25) is 9.59 Å². The predicted molar refractivity (Wildman–Crippen MR) is 143 cm³/mol. The summed E-state index contributed by atoms with van der Waals surface area (Å²) in [7, 11) is 2.45. The first-order valence-corrected chi connectivity index (χ1v) is 12.9. The Balaban J connectivity index is 2.06. The van der Waals surface area contributed by atoms with E-state index in [4.69, 9.17) is 19.9 Å². The number of nitrogen functional groups attached to an aromatic ring is 1. The number of nitrogens with zero attached hydrogens (tertiary/aromatic N) is 1. The molecular weight excluding hydrogens is 531 g/mol. The molecule has 1 saturated carbocycles. The first-order valence-electron chi connectivity index (χ1n) is 12.9. The molecule has 40 heavy (non-hydrogen) atoms. The van der Waals surface area contributed by atoms with Crippen molar-refractivity contribution in [2.45, 2.75) is 58.2 Å². The highest BCUT2D eigenvalue weighted by atomic mass is 19.4. The molecule has 3 N–H and O–H groups in total. The maximum atomic E-state index is 13.9. The number of methoxy groups -OCH3 is 2. The van der Waals surface area contributed by atoms with Crippen LogP contribution in [0.2, 0.25) is 0 Å². The van der Waals surface area contributed by atoms with E-state index in [1.165, 1.54) is 37.3 Å². The van der Waals surface area contributed by atoms with Crippen molar-refractivity contribution in [1.82, 2.24) is 0 Å². The lowest BCUT2D eigenvalue weighted by Crippen LogP contribution is -2.42. The van der Waals surface area contributed by atoms with Crippen LogP contribution < -0.4 is 20.7 Å². The molecule has 0 aromatic heterocycles. The molecule has 2 aromatic carbocycles. The first kappa shape index (κ1) is 30.7. The van der Waals surface area contributed by atoms with Crippen LogP contribution in [0.25, 0.3) is 0 Å². The molecule has 12 heteroatoms. The number of nitrogens with one attached hydrogen (secondary N) is 1. The molecule has 0 spiro atoms. The molecule has 0 atom stereocenters. The largest absolute Gasteiger partial charge is 0.465 e. The number of hydrogen-bond acceptors (Lipinski definition) is 7. The SMILES string of the molecule is COCC(=O)Nc1cc(Oc2ccc(N(C(=O)C3CCCCC3)C(C)C)c(C(=O)OC)c2)c(C(F)(F)F)cc1N. The van der Waals surface area contributed by atoms with Crippen LogP contribution in [0.4, 0.5) is 30.2 Å². The van der Waals surface area contributed by atoms with E-state index in [2.05, 4.69) is 5.32 Å². The van der Waals surface area contributed by atoms with Crippen LogP contribution in [0, 0.1) is 5.92 Å². The van der Waals surface area contributed by atoms with Crippen molar-refractivity contribution in [3.63, 3.8) is 0 Å². The predicted octanol–water partition coefficient (Wildman–Crippen LogP) is 5.77. The minimum atomic E-state index is -4.84. The Labute approximate surface area is 230 Å². The molecule has 0 heterocycles. The summed E-state index contributed by atoms with van der Waals surface area (Å²) in [5, 5.41) is 2.38. The van der Waals surface area contributed by atoms with Crippen LogP contribution >= 0.6 is 0 Å². The number of amides is 2. The monoisotopic (exact) mass is 565 g/mol. The maximum absolute atomic E-state index is 13.9. The second kappa shape index (κ2) is 13.0. The second-order valence-corrected chi connectivity index (χ2v) is 9.82. The van der Waals surface area contributed by atoms with Crippen LogP contribution in [0.15, 0.2) is 30.3 Å². The Morgan fingerprint density at radius 2 is 1.75 bits per heavy atom. The molecule has 2 aromatic rings. The summed E-state index contributed by atoms with van der Waals surface area (Å²) >= 11 is 0. The van der Waals surface area contributed by atoms with Gasteiger partial charge in [0.05, 0.1) is 29.7 Å².